The van der Waals surface area contributed by atoms with Crippen LogP contribution in [0.3, 0.4) is 0 Å². The summed E-state index contributed by atoms with van der Waals surface area (Å²) in [5.41, 5.74) is 0.820. The minimum atomic E-state index is -3.66. The van der Waals surface area contributed by atoms with Crippen molar-refractivity contribution in [3.05, 3.63) is 57.9 Å². The molecule has 1 aliphatic rings. The Morgan fingerprint density at radius 1 is 1.14 bits per heavy atom. The van der Waals surface area contributed by atoms with Crippen LogP contribution in [0.15, 0.2) is 52.4 Å². The zero-order valence-electron chi connectivity index (χ0n) is 19.4. The first-order valence-corrected chi connectivity index (χ1v) is 13.9. The van der Waals surface area contributed by atoms with Crippen LogP contribution in [0.25, 0.3) is 10.2 Å². The number of hydrogen-bond acceptors (Lipinski definition) is 6. The summed E-state index contributed by atoms with van der Waals surface area (Å²) in [5.74, 6) is -1.06. The van der Waals surface area contributed by atoms with E-state index in [0.29, 0.717) is 10.5 Å². The van der Waals surface area contributed by atoms with Crippen LogP contribution in [0.4, 0.5) is 0 Å². The number of carbonyl (C=O) groups excluding carboxylic acids is 2. The van der Waals surface area contributed by atoms with E-state index in [4.69, 9.17) is 16.3 Å². The van der Waals surface area contributed by atoms with Crippen LogP contribution in [0.2, 0.25) is 5.02 Å². The van der Waals surface area contributed by atoms with Crippen molar-refractivity contribution in [2.75, 3.05) is 14.2 Å². The lowest BCUT2D eigenvalue weighted by Gasteiger charge is -2.30. The van der Waals surface area contributed by atoms with Crippen molar-refractivity contribution >= 4 is 55.1 Å². The molecule has 11 heteroatoms. The summed E-state index contributed by atoms with van der Waals surface area (Å²) >= 11 is 7.57. The van der Waals surface area contributed by atoms with Crippen LogP contribution in [-0.4, -0.2) is 49.4 Å². The van der Waals surface area contributed by atoms with E-state index >= 15 is 0 Å². The Hall–Kier alpha value is -2.53. The van der Waals surface area contributed by atoms with Gasteiger partial charge in [-0.2, -0.15) is 9.30 Å². The Morgan fingerprint density at radius 3 is 2.49 bits per heavy atom. The molecule has 1 amide bonds. The molecule has 8 nitrogen and oxygen atoms in total. The minimum Gasteiger partial charge on any atom is -0.468 e. The number of esters is 1. The molecule has 186 valence electrons. The number of methoxy groups -OCH3 is 1. The predicted molar refractivity (Wildman–Crippen MR) is 135 cm³/mol. The molecule has 0 unspecified atom stereocenters. The summed E-state index contributed by atoms with van der Waals surface area (Å²) in [4.78, 5) is 29.6. The summed E-state index contributed by atoms with van der Waals surface area (Å²) in [6.07, 6.45) is 4.90. The summed E-state index contributed by atoms with van der Waals surface area (Å²) in [5, 5.41) is 0.424. The Balaban J connectivity index is 1.64. The number of amides is 1. The number of nitrogens with zero attached hydrogens (tertiary/aromatic N) is 3. The van der Waals surface area contributed by atoms with E-state index in [1.807, 2.05) is 6.07 Å². The standard InChI is InChI=1S/C24H26ClN3O5S2/c1-27(17-7-4-3-5-8-17)35(31,32)18-13-11-16(12-14-18)23(30)26-24-28(15-21(29)33-2)22-19(25)9-6-10-20(22)34-24/h6,9-14,17H,3-5,7-8,15H2,1-2H3. The van der Waals surface area contributed by atoms with E-state index in [2.05, 4.69) is 4.99 Å². The van der Waals surface area contributed by atoms with Crippen LogP contribution < -0.4 is 4.80 Å². The van der Waals surface area contributed by atoms with Crippen LogP contribution in [0, 0.1) is 0 Å². The van der Waals surface area contributed by atoms with Crippen molar-refractivity contribution in [1.29, 1.82) is 0 Å². The fourth-order valence-corrected chi connectivity index (χ4v) is 7.04. The maximum Gasteiger partial charge on any atom is 0.325 e. The SMILES string of the molecule is COC(=O)Cn1c(=NC(=O)c2ccc(S(=O)(=O)N(C)C3CCCCC3)cc2)sc2cccc(Cl)c21. The lowest BCUT2D eigenvalue weighted by Crippen LogP contribution is -2.38. The first-order chi connectivity index (χ1) is 16.7. The molecular formula is C24H26ClN3O5S2. The van der Waals surface area contributed by atoms with Gasteiger partial charge in [-0.25, -0.2) is 8.42 Å². The van der Waals surface area contributed by atoms with E-state index in [1.165, 1.54) is 47.0 Å². The second-order valence-corrected chi connectivity index (χ2v) is 11.8. The molecule has 2 aromatic carbocycles. The third-order valence-corrected chi connectivity index (χ3v) is 9.50. The van der Waals surface area contributed by atoms with Gasteiger partial charge in [0.25, 0.3) is 5.91 Å². The Kier molecular flexibility index (Phi) is 7.75. The van der Waals surface area contributed by atoms with Crippen LogP contribution in [-0.2, 0) is 26.1 Å². The molecule has 0 atom stereocenters. The van der Waals surface area contributed by atoms with E-state index < -0.39 is 21.9 Å². The molecule has 1 saturated carbocycles. The van der Waals surface area contributed by atoms with Gasteiger partial charge in [0.05, 0.1) is 27.2 Å². The van der Waals surface area contributed by atoms with Gasteiger partial charge in [0.2, 0.25) is 10.0 Å². The highest BCUT2D eigenvalue weighted by molar-refractivity contribution is 7.89. The molecular weight excluding hydrogens is 510 g/mol. The quantitative estimate of drug-likeness (QED) is 0.440. The number of sulfonamides is 1. The third-order valence-electron chi connectivity index (χ3n) is 6.23. The smallest absolute Gasteiger partial charge is 0.325 e. The lowest BCUT2D eigenvalue weighted by molar-refractivity contribution is -0.141. The highest BCUT2D eigenvalue weighted by Gasteiger charge is 2.29. The minimum absolute atomic E-state index is 0.00454. The van der Waals surface area contributed by atoms with Gasteiger partial charge in [-0.1, -0.05) is 48.3 Å². The van der Waals surface area contributed by atoms with Crippen LogP contribution in [0.5, 0.6) is 0 Å². The fraction of sp³-hybridized carbons (Fsp3) is 0.375. The molecule has 0 aliphatic heterocycles. The molecule has 0 saturated heterocycles. The number of ether oxygens (including phenoxy) is 1. The van der Waals surface area contributed by atoms with E-state index in [9.17, 15) is 18.0 Å². The van der Waals surface area contributed by atoms with E-state index in [1.54, 1.807) is 23.7 Å². The van der Waals surface area contributed by atoms with Crippen molar-refractivity contribution in [3.63, 3.8) is 0 Å². The molecule has 0 spiro atoms. The largest absolute Gasteiger partial charge is 0.468 e. The molecule has 3 aromatic rings. The summed E-state index contributed by atoms with van der Waals surface area (Å²) in [6.45, 7) is -0.156. The number of rotatable bonds is 6. The summed E-state index contributed by atoms with van der Waals surface area (Å²) in [7, 11) is -0.764. The van der Waals surface area contributed by atoms with Gasteiger partial charge < -0.3 is 9.30 Å². The maximum atomic E-state index is 13.1. The Morgan fingerprint density at radius 2 is 1.83 bits per heavy atom. The number of fused-ring (bicyclic) bond motifs is 1. The Labute approximate surface area is 212 Å². The topological polar surface area (TPSA) is 98.0 Å². The average molecular weight is 536 g/mol. The molecule has 1 heterocycles. The van der Waals surface area contributed by atoms with Gasteiger partial charge in [-0.3, -0.25) is 9.59 Å². The monoisotopic (exact) mass is 535 g/mol. The number of aromatic nitrogens is 1. The molecule has 0 radical (unpaired) electrons. The van der Waals surface area contributed by atoms with Gasteiger partial charge >= 0.3 is 5.97 Å². The average Bonchev–Trinajstić information content (AvgIpc) is 3.21. The lowest BCUT2D eigenvalue weighted by atomic mass is 9.96. The van der Waals surface area contributed by atoms with E-state index in [0.717, 1.165) is 36.8 Å². The molecule has 1 fully saturated rings. The highest BCUT2D eigenvalue weighted by atomic mass is 35.5. The molecule has 0 N–H and O–H groups in total. The maximum absolute atomic E-state index is 13.1. The van der Waals surface area contributed by atoms with Crippen molar-refractivity contribution < 1.29 is 22.7 Å². The van der Waals surface area contributed by atoms with Crippen molar-refractivity contribution in [3.8, 4) is 0 Å². The van der Waals surface area contributed by atoms with Crippen LogP contribution >= 0.6 is 22.9 Å². The number of hydrogen-bond donors (Lipinski definition) is 0. The summed E-state index contributed by atoms with van der Waals surface area (Å²) in [6, 6.07) is 11.1. The van der Waals surface area contributed by atoms with Gasteiger partial charge in [-0.05, 0) is 49.2 Å². The number of thiazole rings is 1. The number of halogens is 1. The predicted octanol–water partition coefficient (Wildman–Crippen LogP) is 4.22. The van der Waals surface area contributed by atoms with Gasteiger partial charge in [0, 0.05) is 18.7 Å². The van der Waals surface area contributed by atoms with Crippen molar-refractivity contribution in [1.82, 2.24) is 8.87 Å². The molecule has 1 aromatic heterocycles. The van der Waals surface area contributed by atoms with Gasteiger partial charge in [0.15, 0.2) is 4.80 Å². The molecule has 0 bridgehead atoms. The zero-order chi connectivity index (χ0) is 25.2. The number of benzene rings is 2. The zero-order valence-corrected chi connectivity index (χ0v) is 21.8. The highest BCUT2D eigenvalue weighted by Crippen LogP contribution is 2.27. The van der Waals surface area contributed by atoms with Crippen LogP contribution in [0.1, 0.15) is 42.5 Å². The fourth-order valence-electron chi connectivity index (χ4n) is 4.24. The van der Waals surface area contributed by atoms with Crippen molar-refractivity contribution in [2.24, 2.45) is 4.99 Å². The van der Waals surface area contributed by atoms with Gasteiger partial charge in [-0.15, -0.1) is 0 Å². The first-order valence-electron chi connectivity index (χ1n) is 11.2. The number of carbonyl (C=O) groups is 2. The number of para-hydroxylation sites is 1. The molecule has 4 rings (SSSR count). The van der Waals surface area contributed by atoms with Crippen molar-refractivity contribution in [2.45, 2.75) is 49.6 Å². The Bertz CT molecular complexity index is 1420. The molecule has 35 heavy (non-hydrogen) atoms. The van der Waals surface area contributed by atoms with Gasteiger partial charge in [0.1, 0.15) is 6.54 Å². The first kappa shape index (κ1) is 25.6. The molecule has 1 aliphatic carbocycles. The normalized spacial score (nSPS) is 15.6. The third kappa shape index (κ3) is 5.35. The van der Waals surface area contributed by atoms with E-state index in [-0.39, 0.29) is 27.8 Å². The second-order valence-electron chi connectivity index (χ2n) is 8.39. The second kappa shape index (κ2) is 10.6. The summed E-state index contributed by atoms with van der Waals surface area (Å²) < 4.78 is 34.7.